The lowest BCUT2D eigenvalue weighted by Gasteiger charge is -2.30. The van der Waals surface area contributed by atoms with Crippen molar-refractivity contribution in [3.05, 3.63) is 102 Å². The standard InChI is InChI=1S/C46H54N8O4/c1-26(2)35-19-8-28(22-47-35)23-50-44(55)40-34-18-17-33(21-34)39(40)43-49-25-37(52-43)32-15-11-30(12-16-32)29-9-13-31(14-10-29)36-24-48-42(51-36)38-7-6-20-54(38)45(56)41(27(3)4)53-46(57)58-5/h8-16,19,22,24-27,33-34,38-41H,6-7,17-18,20-21,23H2,1-5H3,(H,48,51)(H,49,52)(H,50,55)(H,53,57)/t33?,34?,38-,39+,40?,41-/m0/s1. The van der Waals surface area contributed by atoms with Crippen LogP contribution in [0.3, 0.4) is 0 Å². The molecule has 4 heterocycles. The van der Waals surface area contributed by atoms with Crippen LogP contribution in [0.1, 0.15) is 101 Å². The monoisotopic (exact) mass is 782 g/mol. The lowest BCUT2D eigenvalue weighted by molar-refractivity contribution is -0.135. The number of amides is 3. The second-order valence-electron chi connectivity index (χ2n) is 16.9. The van der Waals surface area contributed by atoms with Crippen molar-refractivity contribution in [2.45, 2.75) is 90.3 Å². The van der Waals surface area contributed by atoms with Crippen molar-refractivity contribution in [2.24, 2.45) is 23.7 Å². The van der Waals surface area contributed by atoms with Crippen molar-refractivity contribution < 1.29 is 19.1 Å². The Morgan fingerprint density at radius 2 is 1.40 bits per heavy atom. The maximum Gasteiger partial charge on any atom is 0.407 e. The zero-order valence-electron chi connectivity index (χ0n) is 34.0. The first-order valence-corrected chi connectivity index (χ1v) is 20.8. The number of nitrogens with zero attached hydrogens (tertiary/aromatic N) is 4. The molecule has 0 radical (unpaired) electrons. The van der Waals surface area contributed by atoms with E-state index < -0.39 is 12.1 Å². The van der Waals surface area contributed by atoms with Crippen molar-refractivity contribution in [1.82, 2.24) is 40.5 Å². The van der Waals surface area contributed by atoms with Crippen molar-refractivity contribution in [3.8, 4) is 33.6 Å². The van der Waals surface area contributed by atoms with Gasteiger partial charge in [-0.15, -0.1) is 0 Å². The van der Waals surface area contributed by atoms with E-state index in [0.717, 1.165) is 88.7 Å². The van der Waals surface area contributed by atoms with Gasteiger partial charge in [0.25, 0.3) is 0 Å². The summed E-state index contributed by atoms with van der Waals surface area (Å²) >= 11 is 0. The van der Waals surface area contributed by atoms with E-state index in [1.165, 1.54) is 7.11 Å². The summed E-state index contributed by atoms with van der Waals surface area (Å²) in [5.41, 5.74) is 8.13. The number of rotatable bonds is 12. The van der Waals surface area contributed by atoms with Gasteiger partial charge in [-0.3, -0.25) is 14.6 Å². The molecule has 8 rings (SSSR count). The van der Waals surface area contributed by atoms with Gasteiger partial charge in [0.1, 0.15) is 17.7 Å². The third kappa shape index (κ3) is 7.88. The number of alkyl carbamates (subject to hydrolysis) is 1. The van der Waals surface area contributed by atoms with Crippen LogP contribution in [-0.2, 0) is 20.9 Å². The molecule has 3 fully saturated rings. The predicted octanol–water partition coefficient (Wildman–Crippen LogP) is 8.14. The lowest BCUT2D eigenvalue weighted by atomic mass is 9.78. The average molecular weight is 783 g/mol. The van der Waals surface area contributed by atoms with E-state index in [1.807, 2.05) is 43.4 Å². The molecule has 2 aliphatic carbocycles. The summed E-state index contributed by atoms with van der Waals surface area (Å²) in [5.74, 6) is 2.77. The van der Waals surface area contributed by atoms with Crippen molar-refractivity contribution in [1.29, 1.82) is 0 Å². The Hall–Kier alpha value is -5.78. The number of carbonyl (C=O) groups is 3. The van der Waals surface area contributed by atoms with Gasteiger partial charge in [0, 0.05) is 30.9 Å². The molecule has 3 amide bonds. The first-order chi connectivity index (χ1) is 28.1. The number of hydrogen-bond donors (Lipinski definition) is 4. The van der Waals surface area contributed by atoms with Gasteiger partial charge in [0.05, 0.1) is 42.9 Å². The number of hydrogen-bond acceptors (Lipinski definition) is 7. The fourth-order valence-electron chi connectivity index (χ4n) is 9.43. The van der Waals surface area contributed by atoms with Crippen molar-refractivity contribution >= 4 is 17.9 Å². The second-order valence-corrected chi connectivity index (χ2v) is 16.9. The fourth-order valence-corrected chi connectivity index (χ4v) is 9.43. The molecule has 4 N–H and O–H groups in total. The SMILES string of the molecule is COC(=O)N[C@H](C(=O)N1CCC[C@H]1c1ncc(-c2ccc(-c3ccc(-c4cnc([C@@H]5C6CCC(C6)C5C(=O)NCc5ccc(C(C)C)nc5)[nH]4)cc3)cc2)[nH]1)C(C)C. The Morgan fingerprint density at radius 3 is 2.00 bits per heavy atom. The average Bonchev–Trinajstić information content (AvgIpc) is 4.10. The molecule has 1 saturated heterocycles. The zero-order valence-corrected chi connectivity index (χ0v) is 34.0. The molecule has 3 aromatic heterocycles. The minimum atomic E-state index is -0.678. The van der Waals surface area contributed by atoms with E-state index in [4.69, 9.17) is 14.7 Å². The van der Waals surface area contributed by atoms with E-state index >= 15 is 0 Å². The summed E-state index contributed by atoms with van der Waals surface area (Å²) in [6.07, 6.45) is 9.96. The van der Waals surface area contributed by atoms with Crippen molar-refractivity contribution in [3.63, 3.8) is 0 Å². The molecule has 5 aromatic rings. The first kappa shape index (κ1) is 39.1. The molecule has 2 aromatic carbocycles. The topological polar surface area (TPSA) is 158 Å². The smallest absolute Gasteiger partial charge is 0.407 e. The number of H-pyrrole nitrogens is 2. The van der Waals surface area contributed by atoms with Crippen molar-refractivity contribution in [2.75, 3.05) is 13.7 Å². The summed E-state index contributed by atoms with van der Waals surface area (Å²) in [7, 11) is 1.30. The van der Waals surface area contributed by atoms with Gasteiger partial charge in [-0.25, -0.2) is 14.8 Å². The number of pyridine rings is 1. The van der Waals surface area contributed by atoms with Gasteiger partial charge in [0.2, 0.25) is 11.8 Å². The second kappa shape index (κ2) is 16.6. The number of carbonyl (C=O) groups excluding carboxylic acids is 3. The highest BCUT2D eigenvalue weighted by atomic mass is 16.5. The molecule has 3 aliphatic rings. The highest BCUT2D eigenvalue weighted by molar-refractivity contribution is 5.86. The maximum atomic E-state index is 13.7. The molecule has 12 heteroatoms. The number of methoxy groups -OCH3 is 1. The largest absolute Gasteiger partial charge is 0.453 e. The molecular weight excluding hydrogens is 729 g/mol. The third-order valence-electron chi connectivity index (χ3n) is 12.6. The number of aromatic amines is 2. The lowest BCUT2D eigenvalue weighted by Crippen LogP contribution is -2.51. The Bertz CT molecular complexity index is 2230. The summed E-state index contributed by atoms with van der Waals surface area (Å²) in [5, 5.41) is 5.93. The predicted molar refractivity (Wildman–Crippen MR) is 222 cm³/mol. The number of imidazole rings is 2. The van der Waals surface area contributed by atoms with Crippen LogP contribution < -0.4 is 10.6 Å². The van der Waals surface area contributed by atoms with Gasteiger partial charge in [-0.1, -0.05) is 82.3 Å². The highest BCUT2D eigenvalue weighted by Crippen LogP contribution is 2.56. The molecule has 6 atom stereocenters. The van der Waals surface area contributed by atoms with Crippen LogP contribution in [0.2, 0.25) is 0 Å². The number of nitrogens with one attached hydrogen (secondary N) is 4. The molecule has 3 unspecified atom stereocenters. The maximum absolute atomic E-state index is 13.7. The van der Waals surface area contributed by atoms with E-state index in [-0.39, 0.29) is 35.6 Å². The summed E-state index contributed by atoms with van der Waals surface area (Å²) < 4.78 is 4.77. The molecule has 1 aliphatic heterocycles. The van der Waals surface area contributed by atoms with Crippen LogP contribution in [0.4, 0.5) is 4.79 Å². The highest BCUT2D eigenvalue weighted by Gasteiger charge is 2.52. The normalized spacial score (nSPS) is 21.8. The van der Waals surface area contributed by atoms with Gasteiger partial charge in [0.15, 0.2) is 0 Å². The van der Waals surface area contributed by atoms with E-state index in [1.54, 1.807) is 0 Å². The van der Waals surface area contributed by atoms with Gasteiger partial charge < -0.3 is 30.2 Å². The summed E-state index contributed by atoms with van der Waals surface area (Å²) in [6.45, 7) is 9.17. The van der Waals surface area contributed by atoms with Crippen LogP contribution in [0, 0.1) is 23.7 Å². The Morgan fingerprint density at radius 1 is 0.776 bits per heavy atom. The molecule has 302 valence electrons. The van der Waals surface area contributed by atoms with E-state index in [2.05, 4.69) is 94.0 Å². The molecule has 0 spiro atoms. The first-order valence-electron chi connectivity index (χ1n) is 20.8. The molecule has 2 saturated carbocycles. The zero-order chi connectivity index (χ0) is 40.5. The molecule has 12 nitrogen and oxygen atoms in total. The van der Waals surface area contributed by atoms with Crippen LogP contribution >= 0.6 is 0 Å². The molecular formula is C46H54N8O4. The van der Waals surface area contributed by atoms with Gasteiger partial charge in [-0.2, -0.15) is 0 Å². The number of likely N-dealkylation sites (tertiary alicyclic amines) is 1. The quantitative estimate of drug-likeness (QED) is 0.0995. The number of benzene rings is 2. The third-order valence-corrected chi connectivity index (χ3v) is 12.6. The molecule has 58 heavy (non-hydrogen) atoms. The Labute approximate surface area is 340 Å². The van der Waals surface area contributed by atoms with Crippen LogP contribution in [0.5, 0.6) is 0 Å². The number of aromatic nitrogens is 5. The minimum Gasteiger partial charge on any atom is -0.453 e. The molecule has 2 bridgehead atoms. The van der Waals surface area contributed by atoms with Crippen LogP contribution in [0.15, 0.2) is 79.3 Å². The Balaban J connectivity index is 0.907. The van der Waals surface area contributed by atoms with Crippen LogP contribution in [-0.4, -0.2) is 67.4 Å². The summed E-state index contributed by atoms with van der Waals surface area (Å²) in [4.78, 5) is 62.2. The Kier molecular flexibility index (Phi) is 11.2. The minimum absolute atomic E-state index is 0.0831. The van der Waals surface area contributed by atoms with E-state index in [9.17, 15) is 14.4 Å². The van der Waals surface area contributed by atoms with Gasteiger partial charge in [-0.05, 0) is 89.7 Å². The number of fused-ring (bicyclic) bond motifs is 2. The number of ether oxygens (including phenoxy) is 1. The fraction of sp³-hybridized carbons (Fsp3) is 0.435. The van der Waals surface area contributed by atoms with E-state index in [0.29, 0.717) is 30.8 Å². The van der Waals surface area contributed by atoms with Crippen LogP contribution in [0.25, 0.3) is 33.6 Å². The van der Waals surface area contributed by atoms with Gasteiger partial charge >= 0.3 is 6.09 Å². The summed E-state index contributed by atoms with van der Waals surface area (Å²) in [6, 6.07) is 20.1.